The van der Waals surface area contributed by atoms with Crippen molar-refractivity contribution in [1.29, 1.82) is 0 Å². The molecule has 1 aliphatic heterocycles. The van der Waals surface area contributed by atoms with E-state index in [-0.39, 0.29) is 25.0 Å². The van der Waals surface area contributed by atoms with Crippen LogP contribution in [0.4, 0.5) is 18.0 Å². The second-order valence-corrected chi connectivity index (χ2v) is 5.32. The Morgan fingerprint density at radius 1 is 1.30 bits per heavy atom. The molecule has 1 unspecified atom stereocenters. The largest absolute Gasteiger partial charge is 0.466 e. The van der Waals surface area contributed by atoms with Gasteiger partial charge in [0.05, 0.1) is 19.7 Å². The highest BCUT2D eigenvalue weighted by molar-refractivity contribution is 5.94. The summed E-state index contributed by atoms with van der Waals surface area (Å²) >= 11 is 0. The molecule has 132 valence electrons. The zero-order chi connectivity index (χ0) is 17.5. The van der Waals surface area contributed by atoms with E-state index in [1.807, 2.05) is 5.32 Å². The molecule has 1 aliphatic rings. The Balaban J connectivity index is 2.36. The van der Waals surface area contributed by atoms with Crippen LogP contribution in [0.15, 0.2) is 0 Å². The lowest BCUT2D eigenvalue weighted by atomic mass is 9.98. The molecule has 1 fully saturated rings. The van der Waals surface area contributed by atoms with Crippen molar-refractivity contribution in [2.75, 3.05) is 32.8 Å². The second-order valence-electron chi connectivity index (χ2n) is 5.32. The van der Waals surface area contributed by atoms with Crippen LogP contribution in [-0.2, 0) is 14.3 Å². The first-order valence-corrected chi connectivity index (χ1v) is 7.36. The Hall–Kier alpha value is -1.84. The van der Waals surface area contributed by atoms with Gasteiger partial charge in [-0.3, -0.25) is 14.9 Å². The number of alkyl halides is 3. The standard InChI is InChI=1S/C13H20F3N3O4/c1-2-23-11(21)9-4-3-5-19(6-9)7-10(20)18-12(22)17-8-13(14,15)16/h9H,2-8H2,1H3,(H2,17,18,20,22)/p+1/t9-/m1/s1. The molecule has 0 aliphatic carbocycles. The van der Waals surface area contributed by atoms with Crippen LogP contribution in [0, 0.1) is 5.92 Å². The van der Waals surface area contributed by atoms with E-state index in [4.69, 9.17) is 4.74 Å². The van der Waals surface area contributed by atoms with Crippen molar-refractivity contribution in [3.8, 4) is 0 Å². The molecule has 1 heterocycles. The van der Waals surface area contributed by atoms with E-state index in [0.29, 0.717) is 19.5 Å². The molecule has 23 heavy (non-hydrogen) atoms. The molecule has 3 amide bonds. The van der Waals surface area contributed by atoms with E-state index in [2.05, 4.69) is 0 Å². The summed E-state index contributed by atoms with van der Waals surface area (Å²) in [6.07, 6.45) is -3.13. The van der Waals surface area contributed by atoms with Crippen LogP contribution in [0.2, 0.25) is 0 Å². The predicted molar refractivity (Wildman–Crippen MR) is 72.5 cm³/mol. The molecule has 0 aromatic carbocycles. The molecular formula is C13H21F3N3O4+. The van der Waals surface area contributed by atoms with E-state index < -0.39 is 24.7 Å². The van der Waals surface area contributed by atoms with Crippen molar-refractivity contribution < 1.29 is 37.2 Å². The molecule has 2 atom stereocenters. The lowest BCUT2D eigenvalue weighted by Crippen LogP contribution is -3.14. The molecule has 0 spiro atoms. The number of urea groups is 1. The number of carbonyl (C=O) groups is 3. The van der Waals surface area contributed by atoms with Gasteiger partial charge >= 0.3 is 18.2 Å². The highest BCUT2D eigenvalue weighted by atomic mass is 19.4. The van der Waals surface area contributed by atoms with Crippen LogP contribution in [0.3, 0.4) is 0 Å². The van der Waals surface area contributed by atoms with Gasteiger partial charge in [-0.1, -0.05) is 0 Å². The third-order valence-corrected chi connectivity index (χ3v) is 3.35. The van der Waals surface area contributed by atoms with Gasteiger partial charge in [-0.15, -0.1) is 0 Å². The zero-order valence-corrected chi connectivity index (χ0v) is 12.8. The van der Waals surface area contributed by atoms with E-state index in [1.54, 1.807) is 12.2 Å². The van der Waals surface area contributed by atoms with Crippen LogP contribution in [-0.4, -0.2) is 56.9 Å². The van der Waals surface area contributed by atoms with Gasteiger partial charge < -0.3 is 15.0 Å². The van der Waals surface area contributed by atoms with Gasteiger partial charge in [0.25, 0.3) is 5.91 Å². The van der Waals surface area contributed by atoms with Crippen molar-refractivity contribution >= 4 is 17.9 Å². The minimum Gasteiger partial charge on any atom is -0.466 e. The number of halogens is 3. The zero-order valence-electron chi connectivity index (χ0n) is 12.8. The van der Waals surface area contributed by atoms with Gasteiger partial charge in [0, 0.05) is 0 Å². The fraction of sp³-hybridized carbons (Fsp3) is 0.769. The maximum Gasteiger partial charge on any atom is 0.405 e. The van der Waals surface area contributed by atoms with Crippen molar-refractivity contribution in [3.63, 3.8) is 0 Å². The summed E-state index contributed by atoms with van der Waals surface area (Å²) in [5.74, 6) is -1.30. The monoisotopic (exact) mass is 340 g/mol. The van der Waals surface area contributed by atoms with Crippen LogP contribution in [0.5, 0.6) is 0 Å². The molecule has 0 bridgehead atoms. The minimum atomic E-state index is -4.54. The molecule has 0 radical (unpaired) electrons. The lowest BCUT2D eigenvalue weighted by molar-refractivity contribution is -0.899. The fourth-order valence-corrected chi connectivity index (χ4v) is 2.40. The molecule has 1 rings (SSSR count). The first kappa shape index (κ1) is 19.2. The maximum absolute atomic E-state index is 11.9. The number of likely N-dealkylation sites (tertiary alicyclic amines) is 1. The summed E-state index contributed by atoms with van der Waals surface area (Å²) in [7, 11) is 0. The summed E-state index contributed by atoms with van der Waals surface area (Å²) in [5.41, 5.74) is 0. The molecule has 0 aromatic rings. The van der Waals surface area contributed by atoms with E-state index >= 15 is 0 Å². The van der Waals surface area contributed by atoms with E-state index in [0.717, 1.165) is 11.3 Å². The van der Waals surface area contributed by atoms with Gasteiger partial charge in [0.15, 0.2) is 6.54 Å². The number of hydrogen-bond donors (Lipinski definition) is 3. The second kappa shape index (κ2) is 8.70. The Kier molecular flexibility index (Phi) is 7.27. The molecule has 10 heteroatoms. The van der Waals surface area contributed by atoms with Gasteiger partial charge in [0.1, 0.15) is 12.5 Å². The highest BCUT2D eigenvalue weighted by Crippen LogP contribution is 2.12. The van der Waals surface area contributed by atoms with Gasteiger partial charge in [-0.25, -0.2) is 4.79 Å². The minimum absolute atomic E-state index is 0.0880. The first-order chi connectivity index (χ1) is 10.7. The third-order valence-electron chi connectivity index (χ3n) is 3.35. The van der Waals surface area contributed by atoms with E-state index in [1.165, 1.54) is 0 Å². The Bertz CT molecular complexity index is 443. The number of esters is 1. The Morgan fingerprint density at radius 3 is 2.61 bits per heavy atom. The number of rotatable bonds is 5. The number of nitrogens with one attached hydrogen (secondary N) is 3. The quantitative estimate of drug-likeness (QED) is 0.574. The van der Waals surface area contributed by atoms with Gasteiger partial charge in [0.2, 0.25) is 0 Å². The summed E-state index contributed by atoms with van der Waals surface area (Å²) in [6.45, 7) is 1.44. The number of amides is 3. The molecule has 3 N–H and O–H groups in total. The summed E-state index contributed by atoms with van der Waals surface area (Å²) in [5, 5.41) is 3.40. The highest BCUT2D eigenvalue weighted by Gasteiger charge is 2.31. The van der Waals surface area contributed by atoms with Crippen molar-refractivity contribution in [1.82, 2.24) is 10.6 Å². The van der Waals surface area contributed by atoms with Crippen molar-refractivity contribution in [2.24, 2.45) is 5.92 Å². The van der Waals surface area contributed by atoms with Crippen LogP contribution in [0.25, 0.3) is 0 Å². The third kappa shape index (κ3) is 7.82. The lowest BCUT2D eigenvalue weighted by Gasteiger charge is -2.28. The number of imide groups is 1. The van der Waals surface area contributed by atoms with Crippen molar-refractivity contribution in [3.05, 3.63) is 0 Å². The normalized spacial score (nSPS) is 21.4. The van der Waals surface area contributed by atoms with Crippen LogP contribution >= 0.6 is 0 Å². The SMILES string of the molecule is CCOC(=O)[C@@H]1CCC[NH+](CC(=O)NC(=O)NCC(F)(F)F)C1. The maximum atomic E-state index is 11.9. The number of carbonyl (C=O) groups excluding carboxylic acids is 3. The summed E-state index contributed by atoms with van der Waals surface area (Å²) in [4.78, 5) is 35.3. The molecular weight excluding hydrogens is 319 g/mol. The molecule has 0 saturated carbocycles. The van der Waals surface area contributed by atoms with Gasteiger partial charge in [-0.2, -0.15) is 13.2 Å². The topological polar surface area (TPSA) is 88.9 Å². The average Bonchev–Trinajstić information content (AvgIpc) is 2.45. The number of piperidine rings is 1. The summed E-state index contributed by atoms with van der Waals surface area (Å²) < 4.78 is 40.7. The average molecular weight is 340 g/mol. The van der Waals surface area contributed by atoms with Crippen LogP contribution in [0.1, 0.15) is 19.8 Å². The fourth-order valence-electron chi connectivity index (χ4n) is 2.40. The Labute approximate surface area is 131 Å². The van der Waals surface area contributed by atoms with Crippen LogP contribution < -0.4 is 15.5 Å². The summed E-state index contributed by atoms with van der Waals surface area (Å²) in [6, 6.07) is -1.19. The smallest absolute Gasteiger partial charge is 0.405 e. The number of hydrogen-bond acceptors (Lipinski definition) is 4. The molecule has 0 aromatic heterocycles. The Morgan fingerprint density at radius 2 is 2.00 bits per heavy atom. The molecule has 1 saturated heterocycles. The molecule has 7 nitrogen and oxygen atoms in total. The predicted octanol–water partition coefficient (Wildman–Crippen LogP) is -0.767. The number of ether oxygens (including phenoxy) is 1. The van der Waals surface area contributed by atoms with Gasteiger partial charge in [-0.05, 0) is 19.8 Å². The number of quaternary nitrogens is 1. The van der Waals surface area contributed by atoms with E-state index in [9.17, 15) is 27.6 Å². The first-order valence-electron chi connectivity index (χ1n) is 7.36. The van der Waals surface area contributed by atoms with Crippen molar-refractivity contribution in [2.45, 2.75) is 25.9 Å².